The van der Waals surface area contributed by atoms with E-state index in [0.29, 0.717) is 15.9 Å². The molecular weight excluding hydrogens is 470 g/mol. The van der Waals surface area contributed by atoms with Crippen molar-refractivity contribution < 1.29 is 17.9 Å². The maximum absolute atomic E-state index is 12.9. The van der Waals surface area contributed by atoms with Gasteiger partial charge in [-0.1, -0.05) is 35.1 Å². The Kier molecular flexibility index (Phi) is 6.05. The van der Waals surface area contributed by atoms with Gasteiger partial charge in [-0.2, -0.15) is 0 Å². The van der Waals surface area contributed by atoms with Gasteiger partial charge in [0.15, 0.2) is 5.13 Å². The first-order valence-corrected chi connectivity index (χ1v) is 12.1. The molecule has 7 nitrogen and oxygen atoms in total. The van der Waals surface area contributed by atoms with Crippen molar-refractivity contribution in [1.29, 1.82) is 0 Å². The van der Waals surface area contributed by atoms with Crippen molar-refractivity contribution >= 4 is 59.9 Å². The number of hydrogen-bond acceptors (Lipinski definition) is 6. The first kappa shape index (κ1) is 22.1. The predicted octanol–water partition coefficient (Wildman–Crippen LogP) is 5.32. The number of carbonyl (C=O) groups is 1. The zero-order valence-electron chi connectivity index (χ0n) is 17.0. The molecule has 0 aliphatic carbocycles. The smallest absolute Gasteiger partial charge is 0.261 e. The predicted molar refractivity (Wildman–Crippen MR) is 128 cm³/mol. The minimum atomic E-state index is -3.91. The van der Waals surface area contributed by atoms with Gasteiger partial charge in [0, 0.05) is 5.02 Å². The number of carbonyl (C=O) groups excluding carboxylic acids is 1. The van der Waals surface area contributed by atoms with Crippen molar-refractivity contribution in [3.8, 4) is 5.75 Å². The number of amides is 1. The molecule has 0 saturated carbocycles. The SMILES string of the molecule is COc1ccc(S(=O)(=O)Nc2ccccc2C(=O)Nc2nc3c(C)cc(Cl)cc3s2)cc1. The van der Waals surface area contributed by atoms with Gasteiger partial charge in [0.05, 0.1) is 33.5 Å². The number of nitrogens with zero attached hydrogens (tertiary/aromatic N) is 1. The van der Waals surface area contributed by atoms with Crippen LogP contribution >= 0.6 is 22.9 Å². The molecule has 10 heteroatoms. The standard InChI is InChI=1S/C22H18ClN3O4S2/c1-13-11-14(23)12-19-20(13)24-22(31-19)25-21(27)17-5-3-4-6-18(17)26-32(28,29)16-9-7-15(30-2)8-10-16/h3-12,26H,1-2H3,(H,24,25,27). The summed E-state index contributed by atoms with van der Waals surface area (Å²) in [6.07, 6.45) is 0. The highest BCUT2D eigenvalue weighted by Gasteiger charge is 2.20. The average Bonchev–Trinajstić information content (AvgIpc) is 3.16. The average molecular weight is 488 g/mol. The fraction of sp³-hybridized carbons (Fsp3) is 0.0909. The molecule has 2 N–H and O–H groups in total. The van der Waals surface area contributed by atoms with Gasteiger partial charge in [0.1, 0.15) is 5.75 Å². The summed E-state index contributed by atoms with van der Waals surface area (Å²) in [5.74, 6) is 0.0527. The number of rotatable bonds is 6. The number of thiazole rings is 1. The number of aromatic nitrogens is 1. The molecule has 0 fully saturated rings. The third-order valence-electron chi connectivity index (χ3n) is 4.66. The van der Waals surface area contributed by atoms with Crippen molar-refractivity contribution in [3.05, 3.63) is 76.8 Å². The van der Waals surface area contributed by atoms with Gasteiger partial charge in [0.25, 0.3) is 15.9 Å². The highest BCUT2D eigenvalue weighted by molar-refractivity contribution is 7.92. The highest BCUT2D eigenvalue weighted by atomic mass is 35.5. The number of methoxy groups -OCH3 is 1. The first-order chi connectivity index (χ1) is 15.3. The second kappa shape index (κ2) is 8.78. The van der Waals surface area contributed by atoms with Crippen LogP contribution in [-0.4, -0.2) is 26.4 Å². The van der Waals surface area contributed by atoms with Crippen LogP contribution in [0, 0.1) is 6.92 Å². The Hall–Kier alpha value is -3.14. The number of fused-ring (bicyclic) bond motifs is 1. The molecule has 4 rings (SSSR count). The van der Waals surface area contributed by atoms with E-state index in [1.54, 1.807) is 36.4 Å². The number of benzene rings is 3. The Morgan fingerprint density at radius 2 is 1.81 bits per heavy atom. The number of sulfonamides is 1. The van der Waals surface area contributed by atoms with E-state index in [4.69, 9.17) is 16.3 Å². The molecule has 0 radical (unpaired) electrons. The molecule has 0 aliphatic heterocycles. The summed E-state index contributed by atoms with van der Waals surface area (Å²) in [4.78, 5) is 17.5. The number of nitrogens with one attached hydrogen (secondary N) is 2. The third-order valence-corrected chi connectivity index (χ3v) is 7.17. The molecule has 0 aliphatic rings. The van der Waals surface area contributed by atoms with Crippen molar-refractivity contribution in [2.45, 2.75) is 11.8 Å². The summed E-state index contributed by atoms with van der Waals surface area (Å²) in [5, 5.41) is 3.73. The highest BCUT2D eigenvalue weighted by Crippen LogP contribution is 2.31. The molecule has 4 aromatic rings. The van der Waals surface area contributed by atoms with Crippen LogP contribution < -0.4 is 14.8 Å². The van der Waals surface area contributed by atoms with Crippen LogP contribution in [-0.2, 0) is 10.0 Å². The van der Waals surface area contributed by atoms with E-state index in [1.807, 2.05) is 6.92 Å². The molecule has 164 valence electrons. The Morgan fingerprint density at radius 1 is 1.09 bits per heavy atom. The summed E-state index contributed by atoms with van der Waals surface area (Å²) in [6.45, 7) is 1.89. The van der Waals surface area contributed by atoms with Crippen molar-refractivity contribution in [2.24, 2.45) is 0 Å². The molecule has 1 amide bonds. The zero-order chi connectivity index (χ0) is 22.9. The molecule has 3 aromatic carbocycles. The topological polar surface area (TPSA) is 97.4 Å². The zero-order valence-corrected chi connectivity index (χ0v) is 19.4. The van der Waals surface area contributed by atoms with Crippen LogP contribution in [0.1, 0.15) is 15.9 Å². The van der Waals surface area contributed by atoms with E-state index >= 15 is 0 Å². The van der Waals surface area contributed by atoms with E-state index in [0.717, 1.165) is 15.8 Å². The van der Waals surface area contributed by atoms with Gasteiger partial charge >= 0.3 is 0 Å². The lowest BCUT2D eigenvalue weighted by molar-refractivity contribution is 0.102. The van der Waals surface area contributed by atoms with Crippen molar-refractivity contribution in [3.63, 3.8) is 0 Å². The van der Waals surface area contributed by atoms with Gasteiger partial charge in [-0.05, 0) is 61.0 Å². The molecular formula is C22H18ClN3O4S2. The molecule has 32 heavy (non-hydrogen) atoms. The van der Waals surface area contributed by atoms with E-state index in [2.05, 4.69) is 15.0 Å². The van der Waals surface area contributed by atoms with Crippen molar-refractivity contribution in [2.75, 3.05) is 17.1 Å². The molecule has 0 saturated heterocycles. The molecule has 0 bridgehead atoms. The summed E-state index contributed by atoms with van der Waals surface area (Å²) >= 11 is 7.39. The quantitative estimate of drug-likeness (QED) is 0.383. The van der Waals surface area contributed by atoms with Gasteiger partial charge in [0.2, 0.25) is 0 Å². The Bertz CT molecular complexity index is 1420. The normalized spacial score (nSPS) is 11.3. The molecule has 1 aromatic heterocycles. The van der Waals surface area contributed by atoms with E-state index in [9.17, 15) is 13.2 Å². The van der Waals surface area contributed by atoms with E-state index in [-0.39, 0.29) is 16.1 Å². The first-order valence-electron chi connectivity index (χ1n) is 9.41. The fourth-order valence-corrected chi connectivity index (χ4v) is 5.50. The monoisotopic (exact) mass is 487 g/mol. The number of hydrogen-bond donors (Lipinski definition) is 2. The summed E-state index contributed by atoms with van der Waals surface area (Å²) in [6, 6.07) is 15.9. The van der Waals surface area contributed by atoms with Gasteiger partial charge < -0.3 is 4.74 Å². The Morgan fingerprint density at radius 3 is 2.53 bits per heavy atom. The number of aryl methyl sites for hydroxylation is 1. The second-order valence-corrected chi connectivity index (χ2v) is 10.0. The maximum Gasteiger partial charge on any atom is 0.261 e. The van der Waals surface area contributed by atoms with E-state index in [1.165, 1.54) is 42.7 Å². The van der Waals surface area contributed by atoms with Gasteiger partial charge in [-0.15, -0.1) is 0 Å². The van der Waals surface area contributed by atoms with Crippen LogP contribution in [0.25, 0.3) is 10.2 Å². The Balaban J connectivity index is 1.60. The minimum absolute atomic E-state index is 0.0482. The summed E-state index contributed by atoms with van der Waals surface area (Å²) in [5.41, 5.74) is 1.97. The molecule has 0 atom stereocenters. The lowest BCUT2D eigenvalue weighted by atomic mass is 10.2. The fourth-order valence-electron chi connectivity index (χ4n) is 3.10. The van der Waals surface area contributed by atoms with Gasteiger partial charge in [-0.3, -0.25) is 14.8 Å². The maximum atomic E-state index is 12.9. The third kappa shape index (κ3) is 4.55. The number of halogens is 1. The summed E-state index contributed by atoms with van der Waals surface area (Å²) in [7, 11) is -2.41. The molecule has 0 unspecified atom stereocenters. The lowest BCUT2D eigenvalue weighted by Crippen LogP contribution is -2.18. The summed E-state index contributed by atoms with van der Waals surface area (Å²) < 4.78 is 34.0. The number of para-hydroxylation sites is 1. The van der Waals surface area contributed by atoms with Crippen LogP contribution in [0.15, 0.2) is 65.6 Å². The van der Waals surface area contributed by atoms with Crippen LogP contribution in [0.5, 0.6) is 5.75 Å². The Labute approximate surface area is 194 Å². The number of ether oxygens (including phenoxy) is 1. The lowest BCUT2D eigenvalue weighted by Gasteiger charge is -2.12. The number of anilines is 2. The van der Waals surface area contributed by atoms with Crippen LogP contribution in [0.2, 0.25) is 5.02 Å². The van der Waals surface area contributed by atoms with Gasteiger partial charge in [-0.25, -0.2) is 13.4 Å². The van der Waals surface area contributed by atoms with E-state index < -0.39 is 15.9 Å². The largest absolute Gasteiger partial charge is 0.497 e. The van der Waals surface area contributed by atoms with Crippen LogP contribution in [0.3, 0.4) is 0 Å². The second-order valence-electron chi connectivity index (χ2n) is 6.87. The van der Waals surface area contributed by atoms with Crippen LogP contribution in [0.4, 0.5) is 10.8 Å². The molecule has 0 spiro atoms. The van der Waals surface area contributed by atoms with Crippen molar-refractivity contribution in [1.82, 2.24) is 4.98 Å². The minimum Gasteiger partial charge on any atom is -0.497 e. The molecule has 1 heterocycles.